The number of nitrogens with one attached hydrogen (secondary N) is 1. The lowest BCUT2D eigenvalue weighted by Gasteiger charge is -2.03. The molecule has 6 heteroatoms. The molecule has 2 aromatic rings. The van der Waals surface area contributed by atoms with Crippen molar-refractivity contribution in [2.24, 2.45) is 7.05 Å². The number of aryl methyl sites for hydroxylation is 3. The standard InChI is InChI=1S/C12H19N5.ClH/c1-4-6-17-7-5-12(15-17)13-9-11-8-10(2)14-16(11)3;/h5,7-8H,4,6,9H2,1-3H3,(H,13,15);1H. The molecule has 0 saturated heterocycles. The predicted octanol–water partition coefficient (Wildman–Crippen LogP) is 2.37. The van der Waals surface area contributed by atoms with Crippen LogP contribution in [0, 0.1) is 6.92 Å². The van der Waals surface area contributed by atoms with E-state index in [0.29, 0.717) is 0 Å². The smallest absolute Gasteiger partial charge is 0.148 e. The minimum Gasteiger partial charge on any atom is -0.363 e. The topological polar surface area (TPSA) is 47.7 Å². The van der Waals surface area contributed by atoms with Gasteiger partial charge >= 0.3 is 0 Å². The molecule has 0 atom stereocenters. The van der Waals surface area contributed by atoms with E-state index in [1.807, 2.05) is 35.6 Å². The van der Waals surface area contributed by atoms with Crippen LogP contribution < -0.4 is 5.32 Å². The van der Waals surface area contributed by atoms with Crippen molar-refractivity contribution in [3.05, 3.63) is 29.7 Å². The Bertz CT molecular complexity index is 488. The van der Waals surface area contributed by atoms with Crippen LogP contribution in [0.3, 0.4) is 0 Å². The van der Waals surface area contributed by atoms with Crippen molar-refractivity contribution in [1.29, 1.82) is 0 Å². The Morgan fingerprint density at radius 2 is 2.11 bits per heavy atom. The van der Waals surface area contributed by atoms with Gasteiger partial charge in [-0.2, -0.15) is 10.2 Å². The highest BCUT2D eigenvalue weighted by molar-refractivity contribution is 5.85. The molecule has 0 bridgehead atoms. The first-order valence-corrected chi connectivity index (χ1v) is 5.96. The summed E-state index contributed by atoms with van der Waals surface area (Å²) in [7, 11) is 1.96. The largest absolute Gasteiger partial charge is 0.363 e. The molecule has 0 radical (unpaired) electrons. The first kappa shape index (κ1) is 14.6. The highest BCUT2D eigenvalue weighted by atomic mass is 35.5. The van der Waals surface area contributed by atoms with Gasteiger partial charge in [-0.15, -0.1) is 12.4 Å². The molecule has 0 aliphatic rings. The van der Waals surface area contributed by atoms with Crippen LogP contribution in [0.4, 0.5) is 5.82 Å². The van der Waals surface area contributed by atoms with E-state index < -0.39 is 0 Å². The van der Waals surface area contributed by atoms with Gasteiger partial charge in [-0.05, 0) is 19.4 Å². The Morgan fingerprint density at radius 1 is 1.33 bits per heavy atom. The highest BCUT2D eigenvalue weighted by Gasteiger charge is 2.03. The number of nitrogens with zero attached hydrogens (tertiary/aromatic N) is 4. The van der Waals surface area contributed by atoms with E-state index in [2.05, 4.69) is 28.5 Å². The molecule has 0 unspecified atom stereocenters. The van der Waals surface area contributed by atoms with Crippen molar-refractivity contribution in [3.63, 3.8) is 0 Å². The van der Waals surface area contributed by atoms with Gasteiger partial charge in [0, 0.05) is 25.9 Å². The zero-order valence-corrected chi connectivity index (χ0v) is 11.9. The van der Waals surface area contributed by atoms with E-state index in [0.717, 1.165) is 36.7 Å². The van der Waals surface area contributed by atoms with E-state index in [9.17, 15) is 0 Å². The lowest BCUT2D eigenvalue weighted by molar-refractivity contribution is 0.603. The summed E-state index contributed by atoms with van der Waals surface area (Å²) in [5, 5.41) is 12.0. The van der Waals surface area contributed by atoms with Gasteiger partial charge in [-0.3, -0.25) is 9.36 Å². The Kier molecular flexibility index (Phi) is 5.22. The van der Waals surface area contributed by atoms with Crippen molar-refractivity contribution in [2.75, 3.05) is 5.32 Å². The van der Waals surface area contributed by atoms with Gasteiger partial charge in [0.05, 0.1) is 17.9 Å². The third kappa shape index (κ3) is 3.50. The highest BCUT2D eigenvalue weighted by Crippen LogP contribution is 2.07. The summed E-state index contributed by atoms with van der Waals surface area (Å²) in [4.78, 5) is 0. The second-order valence-corrected chi connectivity index (χ2v) is 4.22. The average Bonchev–Trinajstić information content (AvgIpc) is 2.83. The number of aromatic nitrogens is 4. The molecule has 0 fully saturated rings. The summed E-state index contributed by atoms with van der Waals surface area (Å²) >= 11 is 0. The van der Waals surface area contributed by atoms with Gasteiger partial charge in [0.1, 0.15) is 5.82 Å². The lowest BCUT2D eigenvalue weighted by atomic mass is 10.3. The van der Waals surface area contributed by atoms with Gasteiger partial charge < -0.3 is 5.32 Å². The monoisotopic (exact) mass is 269 g/mol. The van der Waals surface area contributed by atoms with E-state index >= 15 is 0 Å². The molecule has 2 rings (SSSR count). The zero-order valence-electron chi connectivity index (χ0n) is 11.1. The Hall–Kier alpha value is -1.49. The Labute approximate surface area is 114 Å². The summed E-state index contributed by atoms with van der Waals surface area (Å²) in [5.74, 6) is 0.914. The van der Waals surface area contributed by atoms with Crippen LogP contribution in [-0.4, -0.2) is 19.6 Å². The maximum atomic E-state index is 4.43. The molecule has 0 aromatic carbocycles. The first-order valence-electron chi connectivity index (χ1n) is 5.96. The van der Waals surface area contributed by atoms with Crippen LogP contribution >= 0.6 is 12.4 Å². The second-order valence-electron chi connectivity index (χ2n) is 4.22. The number of rotatable bonds is 5. The fraction of sp³-hybridized carbons (Fsp3) is 0.500. The van der Waals surface area contributed by atoms with Crippen LogP contribution in [0.5, 0.6) is 0 Å². The quantitative estimate of drug-likeness (QED) is 0.907. The van der Waals surface area contributed by atoms with Gasteiger partial charge in [0.2, 0.25) is 0 Å². The van der Waals surface area contributed by atoms with Crippen LogP contribution in [0.2, 0.25) is 0 Å². The Balaban J connectivity index is 0.00000162. The van der Waals surface area contributed by atoms with E-state index in [-0.39, 0.29) is 12.4 Å². The molecule has 0 spiro atoms. The van der Waals surface area contributed by atoms with Crippen molar-refractivity contribution >= 4 is 18.2 Å². The maximum Gasteiger partial charge on any atom is 0.148 e. The van der Waals surface area contributed by atoms with Gasteiger partial charge in [0.25, 0.3) is 0 Å². The molecular weight excluding hydrogens is 250 g/mol. The molecule has 0 saturated carbocycles. The minimum absolute atomic E-state index is 0. The van der Waals surface area contributed by atoms with Crippen molar-refractivity contribution < 1.29 is 0 Å². The Morgan fingerprint density at radius 3 is 2.72 bits per heavy atom. The first-order chi connectivity index (χ1) is 8.19. The van der Waals surface area contributed by atoms with Crippen molar-refractivity contribution in [1.82, 2.24) is 19.6 Å². The van der Waals surface area contributed by atoms with E-state index in [1.165, 1.54) is 0 Å². The second kappa shape index (κ2) is 6.44. The summed E-state index contributed by atoms with van der Waals surface area (Å²) in [6.07, 6.45) is 3.10. The normalized spacial score (nSPS) is 10.2. The summed E-state index contributed by atoms with van der Waals surface area (Å²) in [6, 6.07) is 4.08. The number of halogens is 1. The van der Waals surface area contributed by atoms with E-state index in [4.69, 9.17) is 0 Å². The molecule has 1 N–H and O–H groups in total. The summed E-state index contributed by atoms with van der Waals surface area (Å²) in [5.41, 5.74) is 2.20. The number of anilines is 1. The molecule has 0 amide bonds. The van der Waals surface area contributed by atoms with Gasteiger partial charge in [0.15, 0.2) is 0 Å². The summed E-state index contributed by atoms with van der Waals surface area (Å²) in [6.45, 7) is 5.86. The maximum absolute atomic E-state index is 4.43. The zero-order chi connectivity index (χ0) is 12.3. The molecule has 0 aliphatic heterocycles. The molecular formula is C12H20ClN5. The SMILES string of the molecule is CCCn1ccc(NCc2cc(C)nn2C)n1.Cl. The average molecular weight is 270 g/mol. The fourth-order valence-corrected chi connectivity index (χ4v) is 1.82. The van der Waals surface area contributed by atoms with Gasteiger partial charge in [-0.1, -0.05) is 6.92 Å². The lowest BCUT2D eigenvalue weighted by Crippen LogP contribution is -2.06. The number of hydrogen-bond acceptors (Lipinski definition) is 3. The van der Waals surface area contributed by atoms with Crippen LogP contribution in [0.15, 0.2) is 18.3 Å². The number of hydrogen-bond donors (Lipinski definition) is 1. The minimum atomic E-state index is 0. The fourth-order valence-electron chi connectivity index (χ4n) is 1.82. The predicted molar refractivity (Wildman–Crippen MR) is 75.0 cm³/mol. The molecule has 18 heavy (non-hydrogen) atoms. The van der Waals surface area contributed by atoms with E-state index in [1.54, 1.807) is 0 Å². The third-order valence-electron chi connectivity index (χ3n) is 2.64. The van der Waals surface area contributed by atoms with Crippen molar-refractivity contribution in [3.8, 4) is 0 Å². The van der Waals surface area contributed by atoms with Crippen LogP contribution in [-0.2, 0) is 20.1 Å². The molecule has 2 heterocycles. The van der Waals surface area contributed by atoms with Crippen molar-refractivity contribution in [2.45, 2.75) is 33.4 Å². The summed E-state index contributed by atoms with van der Waals surface area (Å²) < 4.78 is 3.85. The van der Waals surface area contributed by atoms with Gasteiger partial charge in [-0.25, -0.2) is 0 Å². The molecule has 5 nitrogen and oxygen atoms in total. The van der Waals surface area contributed by atoms with Crippen LogP contribution in [0.1, 0.15) is 24.7 Å². The molecule has 100 valence electrons. The molecule has 2 aromatic heterocycles. The third-order valence-corrected chi connectivity index (χ3v) is 2.64. The molecule has 0 aliphatic carbocycles. The van der Waals surface area contributed by atoms with Crippen LogP contribution in [0.25, 0.3) is 0 Å².